The standard InChI is InChI=1S/C26H21Br2FN4O4/c1-3-36-23-9-16(13-30-33-15(2)31-22-8-7-17(27)10-20(22)26(33)35)21(28)12-24(23)37-14-25(34)32-19-6-4-5-18(29)11-19/h4-13H,3,14H2,1-2H3,(H,32,34). The lowest BCUT2D eigenvalue weighted by atomic mass is 10.2. The highest BCUT2D eigenvalue weighted by atomic mass is 79.9. The normalized spacial score (nSPS) is 11.2. The first kappa shape index (κ1) is 26.5. The van der Waals surface area contributed by atoms with Gasteiger partial charge in [-0.25, -0.2) is 9.37 Å². The van der Waals surface area contributed by atoms with Gasteiger partial charge in [0.2, 0.25) is 0 Å². The summed E-state index contributed by atoms with van der Waals surface area (Å²) < 4.78 is 27.3. The number of carbonyl (C=O) groups is 1. The Morgan fingerprint density at radius 3 is 2.68 bits per heavy atom. The van der Waals surface area contributed by atoms with Crippen molar-refractivity contribution in [2.24, 2.45) is 5.10 Å². The average Bonchev–Trinajstić information content (AvgIpc) is 2.85. The average molecular weight is 632 g/mol. The summed E-state index contributed by atoms with van der Waals surface area (Å²) >= 11 is 6.86. The van der Waals surface area contributed by atoms with Crippen LogP contribution in [0, 0.1) is 12.7 Å². The second kappa shape index (κ2) is 11.7. The van der Waals surface area contributed by atoms with Crippen molar-refractivity contribution in [2.75, 3.05) is 18.5 Å². The third-order valence-corrected chi connectivity index (χ3v) is 6.29. The fourth-order valence-corrected chi connectivity index (χ4v) is 4.24. The fourth-order valence-electron chi connectivity index (χ4n) is 3.45. The Hall–Kier alpha value is -3.57. The van der Waals surface area contributed by atoms with E-state index in [1.807, 2.05) is 13.0 Å². The first-order valence-corrected chi connectivity index (χ1v) is 12.7. The summed E-state index contributed by atoms with van der Waals surface area (Å²) in [7, 11) is 0. The molecule has 8 nitrogen and oxygen atoms in total. The van der Waals surface area contributed by atoms with Gasteiger partial charge in [0.15, 0.2) is 18.1 Å². The highest BCUT2D eigenvalue weighted by Crippen LogP contribution is 2.33. The lowest BCUT2D eigenvalue weighted by Gasteiger charge is -2.14. The summed E-state index contributed by atoms with van der Waals surface area (Å²) in [5.74, 6) is 0.228. The number of aryl methyl sites for hydroxylation is 1. The molecule has 0 saturated heterocycles. The molecular weight excluding hydrogens is 611 g/mol. The number of benzene rings is 3. The van der Waals surface area contributed by atoms with Gasteiger partial charge in [-0.1, -0.05) is 22.0 Å². The molecule has 0 aliphatic rings. The summed E-state index contributed by atoms with van der Waals surface area (Å²) in [5.41, 5.74) is 1.22. The van der Waals surface area contributed by atoms with Crippen LogP contribution in [0.3, 0.4) is 0 Å². The smallest absolute Gasteiger partial charge is 0.282 e. The molecule has 0 saturated carbocycles. The zero-order valence-corrected chi connectivity index (χ0v) is 23.0. The summed E-state index contributed by atoms with van der Waals surface area (Å²) in [6.45, 7) is 3.56. The minimum Gasteiger partial charge on any atom is -0.490 e. The lowest BCUT2D eigenvalue weighted by Crippen LogP contribution is -2.21. The number of hydrogen-bond donors (Lipinski definition) is 1. The molecule has 37 heavy (non-hydrogen) atoms. The Labute approximate surface area is 228 Å². The predicted molar refractivity (Wildman–Crippen MR) is 147 cm³/mol. The van der Waals surface area contributed by atoms with Gasteiger partial charge >= 0.3 is 0 Å². The van der Waals surface area contributed by atoms with Crippen LogP contribution in [0.4, 0.5) is 10.1 Å². The molecule has 0 radical (unpaired) electrons. The molecule has 1 amide bonds. The fraction of sp³-hybridized carbons (Fsp3) is 0.154. The van der Waals surface area contributed by atoms with Gasteiger partial charge in [-0.3, -0.25) is 9.59 Å². The molecule has 1 N–H and O–H groups in total. The molecule has 0 spiro atoms. The molecule has 190 valence electrons. The molecule has 0 atom stereocenters. The zero-order chi connectivity index (χ0) is 26.5. The SMILES string of the molecule is CCOc1cc(C=Nn2c(C)nc3ccc(Br)cc3c2=O)c(Br)cc1OCC(=O)Nc1cccc(F)c1. The van der Waals surface area contributed by atoms with E-state index in [1.54, 1.807) is 37.3 Å². The Morgan fingerprint density at radius 1 is 1.14 bits per heavy atom. The van der Waals surface area contributed by atoms with E-state index in [4.69, 9.17) is 9.47 Å². The van der Waals surface area contributed by atoms with Crippen molar-refractivity contribution < 1.29 is 18.7 Å². The van der Waals surface area contributed by atoms with Gasteiger partial charge < -0.3 is 14.8 Å². The second-order valence-electron chi connectivity index (χ2n) is 7.78. The van der Waals surface area contributed by atoms with Crippen molar-refractivity contribution >= 4 is 60.6 Å². The maximum Gasteiger partial charge on any atom is 0.282 e. The molecule has 4 rings (SSSR count). The zero-order valence-electron chi connectivity index (χ0n) is 19.8. The first-order valence-electron chi connectivity index (χ1n) is 11.1. The van der Waals surface area contributed by atoms with E-state index in [0.717, 1.165) is 4.47 Å². The molecule has 11 heteroatoms. The van der Waals surface area contributed by atoms with Crippen LogP contribution in [0.5, 0.6) is 11.5 Å². The topological polar surface area (TPSA) is 94.8 Å². The van der Waals surface area contributed by atoms with Crippen LogP contribution in [0.1, 0.15) is 18.3 Å². The molecule has 0 aliphatic heterocycles. The predicted octanol–water partition coefficient (Wildman–Crippen LogP) is 5.67. The van der Waals surface area contributed by atoms with Gasteiger partial charge in [-0.15, -0.1) is 0 Å². The highest BCUT2D eigenvalue weighted by molar-refractivity contribution is 9.10. The lowest BCUT2D eigenvalue weighted by molar-refractivity contribution is -0.118. The van der Waals surface area contributed by atoms with Crippen molar-refractivity contribution in [3.8, 4) is 11.5 Å². The van der Waals surface area contributed by atoms with Crippen molar-refractivity contribution in [3.63, 3.8) is 0 Å². The van der Waals surface area contributed by atoms with Crippen LogP contribution in [0.15, 0.2) is 73.4 Å². The Bertz CT molecular complexity index is 1570. The number of carbonyl (C=O) groups excluding carboxylic acids is 1. The van der Waals surface area contributed by atoms with E-state index in [2.05, 4.69) is 47.3 Å². The minimum atomic E-state index is -0.458. The summed E-state index contributed by atoms with van der Waals surface area (Å²) in [6, 6.07) is 14.2. The molecule has 0 aliphatic carbocycles. The largest absolute Gasteiger partial charge is 0.490 e. The van der Waals surface area contributed by atoms with Gasteiger partial charge in [-0.05, 0) is 78.3 Å². The number of anilines is 1. The van der Waals surface area contributed by atoms with Gasteiger partial charge in [0, 0.05) is 20.2 Å². The number of aromatic nitrogens is 2. The van der Waals surface area contributed by atoms with Crippen LogP contribution < -0.4 is 20.3 Å². The number of ether oxygens (including phenoxy) is 2. The number of hydrogen-bond acceptors (Lipinski definition) is 6. The van der Waals surface area contributed by atoms with Crippen LogP contribution in [0.25, 0.3) is 10.9 Å². The van der Waals surface area contributed by atoms with Crippen LogP contribution >= 0.6 is 31.9 Å². The van der Waals surface area contributed by atoms with Gasteiger partial charge in [0.25, 0.3) is 11.5 Å². The van der Waals surface area contributed by atoms with Crippen LogP contribution in [-0.2, 0) is 4.79 Å². The van der Waals surface area contributed by atoms with E-state index in [1.165, 1.54) is 29.1 Å². The second-order valence-corrected chi connectivity index (χ2v) is 9.55. The molecular formula is C26H21Br2FN4O4. The molecule has 0 unspecified atom stereocenters. The molecule has 1 aromatic heterocycles. The molecule has 3 aromatic carbocycles. The van der Waals surface area contributed by atoms with Crippen LogP contribution in [-0.4, -0.2) is 35.0 Å². The van der Waals surface area contributed by atoms with Gasteiger partial charge in [0.1, 0.15) is 11.6 Å². The minimum absolute atomic E-state index is 0.300. The molecule has 0 bridgehead atoms. The number of halogens is 3. The van der Waals surface area contributed by atoms with E-state index in [9.17, 15) is 14.0 Å². The number of rotatable bonds is 8. The van der Waals surface area contributed by atoms with Crippen LogP contribution in [0.2, 0.25) is 0 Å². The quantitative estimate of drug-likeness (QED) is 0.253. The summed E-state index contributed by atoms with van der Waals surface area (Å²) in [4.78, 5) is 29.7. The molecule has 1 heterocycles. The summed E-state index contributed by atoms with van der Waals surface area (Å²) in [6.07, 6.45) is 1.51. The van der Waals surface area contributed by atoms with Crippen molar-refractivity contribution in [1.82, 2.24) is 9.66 Å². The highest BCUT2D eigenvalue weighted by Gasteiger charge is 2.13. The number of fused-ring (bicyclic) bond motifs is 1. The van der Waals surface area contributed by atoms with Gasteiger partial charge in [-0.2, -0.15) is 9.78 Å². The van der Waals surface area contributed by atoms with E-state index in [-0.39, 0.29) is 12.2 Å². The van der Waals surface area contributed by atoms with E-state index >= 15 is 0 Å². The van der Waals surface area contributed by atoms with Crippen molar-refractivity contribution in [2.45, 2.75) is 13.8 Å². The molecule has 0 fully saturated rings. The van der Waals surface area contributed by atoms with Gasteiger partial charge in [0.05, 0.1) is 23.7 Å². The first-order chi connectivity index (χ1) is 17.7. The Kier molecular flexibility index (Phi) is 8.34. The Morgan fingerprint density at radius 2 is 1.92 bits per heavy atom. The number of amides is 1. The molecule has 4 aromatic rings. The third-order valence-electron chi connectivity index (χ3n) is 5.11. The number of nitrogens with zero attached hydrogens (tertiary/aromatic N) is 3. The van der Waals surface area contributed by atoms with E-state index < -0.39 is 11.7 Å². The third kappa shape index (κ3) is 6.41. The maximum atomic E-state index is 13.3. The number of nitrogens with one attached hydrogen (secondary N) is 1. The van der Waals surface area contributed by atoms with Crippen molar-refractivity contribution in [1.29, 1.82) is 0 Å². The summed E-state index contributed by atoms with van der Waals surface area (Å²) in [5, 5.41) is 7.37. The monoisotopic (exact) mass is 630 g/mol. The van der Waals surface area contributed by atoms with Crippen molar-refractivity contribution in [3.05, 3.63) is 91.1 Å². The Balaban J connectivity index is 1.57. The maximum absolute atomic E-state index is 13.3. The van der Waals surface area contributed by atoms with E-state index in [0.29, 0.717) is 50.6 Å².